The molecule has 0 radical (unpaired) electrons. The van der Waals surface area contributed by atoms with Gasteiger partial charge in [0, 0.05) is 11.6 Å². The lowest BCUT2D eigenvalue weighted by Crippen LogP contribution is -2.18. The molecule has 0 heterocycles. The van der Waals surface area contributed by atoms with Crippen molar-refractivity contribution in [2.45, 2.75) is 90.6 Å². The lowest BCUT2D eigenvalue weighted by molar-refractivity contribution is -0.143. The molecule has 0 fully saturated rings. The maximum Gasteiger partial charge on any atom is 0.330 e. The number of benzene rings is 2. The number of ether oxygens (including phenoxy) is 3. The van der Waals surface area contributed by atoms with Crippen LogP contribution in [0.15, 0.2) is 61.2 Å². The molecule has 1 unspecified atom stereocenters. The minimum Gasteiger partial charge on any atom is -0.494 e. The second-order valence-electron chi connectivity index (χ2n) is 9.03. The van der Waals surface area contributed by atoms with Crippen molar-refractivity contribution < 1.29 is 19.0 Å². The van der Waals surface area contributed by atoms with E-state index in [1.54, 1.807) is 0 Å². The van der Waals surface area contributed by atoms with Crippen LogP contribution in [0.4, 0.5) is 0 Å². The Kier molecular flexibility index (Phi) is 14.4. The first-order valence-electron chi connectivity index (χ1n) is 13.5. The summed E-state index contributed by atoms with van der Waals surface area (Å²) in [6, 6.07) is 16.4. The predicted molar refractivity (Wildman–Crippen MR) is 145 cm³/mol. The van der Waals surface area contributed by atoms with E-state index >= 15 is 0 Å². The first kappa shape index (κ1) is 28.5. The number of carbonyl (C=O) groups excluding carboxylic acids is 1. The molecule has 0 aromatic heterocycles. The van der Waals surface area contributed by atoms with Gasteiger partial charge in [0.25, 0.3) is 0 Å². The third kappa shape index (κ3) is 11.5. The molecule has 4 nitrogen and oxygen atoms in total. The number of rotatable bonds is 19. The van der Waals surface area contributed by atoms with Crippen LogP contribution < -0.4 is 9.47 Å². The number of carbonyl (C=O) groups is 1. The summed E-state index contributed by atoms with van der Waals surface area (Å²) in [5.74, 6) is 1.42. The van der Waals surface area contributed by atoms with Crippen LogP contribution in [0, 0.1) is 0 Å². The van der Waals surface area contributed by atoms with Crippen molar-refractivity contribution in [1.82, 2.24) is 0 Å². The molecular formula is C31H44O4. The molecule has 2 rings (SSSR count). The highest BCUT2D eigenvalue weighted by molar-refractivity contribution is 5.81. The Morgan fingerprint density at radius 2 is 1.46 bits per heavy atom. The summed E-state index contributed by atoms with van der Waals surface area (Å²) in [5.41, 5.74) is 2.17. The summed E-state index contributed by atoms with van der Waals surface area (Å²) in [6.45, 7) is 9.23. The molecule has 0 saturated carbocycles. The summed E-state index contributed by atoms with van der Waals surface area (Å²) in [6.07, 6.45) is 13.3. The molecule has 0 aliphatic rings. The van der Waals surface area contributed by atoms with Crippen molar-refractivity contribution >= 4 is 5.97 Å². The molecule has 192 valence electrons. The largest absolute Gasteiger partial charge is 0.494 e. The minimum absolute atomic E-state index is 0.0804. The maximum atomic E-state index is 11.6. The van der Waals surface area contributed by atoms with Crippen LogP contribution in [0.3, 0.4) is 0 Å². The Morgan fingerprint density at radius 3 is 2.20 bits per heavy atom. The summed E-state index contributed by atoms with van der Waals surface area (Å²) < 4.78 is 17.6. The topological polar surface area (TPSA) is 44.8 Å². The fraction of sp³-hybridized carbons (Fsp3) is 0.516. The lowest BCUT2D eigenvalue weighted by Gasteiger charge is -2.17. The van der Waals surface area contributed by atoms with Gasteiger partial charge in [0.05, 0.1) is 13.2 Å². The highest BCUT2D eigenvalue weighted by Crippen LogP contribution is 2.31. The number of unbranched alkanes of at least 4 members (excludes halogenated alkanes) is 6. The van der Waals surface area contributed by atoms with E-state index in [9.17, 15) is 4.79 Å². The van der Waals surface area contributed by atoms with Crippen molar-refractivity contribution in [3.8, 4) is 22.6 Å². The number of hydrogen-bond acceptors (Lipinski definition) is 4. The molecule has 0 aliphatic carbocycles. The number of para-hydroxylation sites is 1. The Hall–Kier alpha value is -2.75. The average molecular weight is 481 g/mol. The molecule has 0 bridgehead atoms. The fourth-order valence-electron chi connectivity index (χ4n) is 4.03. The third-order valence-corrected chi connectivity index (χ3v) is 6.08. The van der Waals surface area contributed by atoms with Gasteiger partial charge < -0.3 is 14.2 Å². The zero-order chi connectivity index (χ0) is 25.1. The molecule has 2 aromatic rings. The van der Waals surface area contributed by atoms with Gasteiger partial charge in [-0.1, -0.05) is 95.7 Å². The third-order valence-electron chi connectivity index (χ3n) is 6.08. The Morgan fingerprint density at radius 1 is 0.800 bits per heavy atom. The predicted octanol–water partition coefficient (Wildman–Crippen LogP) is 8.54. The second kappa shape index (κ2) is 17.7. The molecule has 0 N–H and O–H groups in total. The highest BCUT2D eigenvalue weighted by atomic mass is 16.5. The molecule has 35 heavy (non-hydrogen) atoms. The van der Waals surface area contributed by atoms with E-state index in [0.29, 0.717) is 6.61 Å². The average Bonchev–Trinajstić information content (AvgIpc) is 2.89. The minimum atomic E-state index is -0.350. The molecular weight excluding hydrogens is 436 g/mol. The van der Waals surface area contributed by atoms with Gasteiger partial charge in [-0.3, -0.25) is 0 Å². The van der Waals surface area contributed by atoms with E-state index in [-0.39, 0.29) is 12.1 Å². The van der Waals surface area contributed by atoms with E-state index in [4.69, 9.17) is 14.2 Å². The van der Waals surface area contributed by atoms with Crippen LogP contribution in [0.25, 0.3) is 11.1 Å². The molecule has 4 heteroatoms. The summed E-state index contributed by atoms with van der Waals surface area (Å²) in [5, 5.41) is 0. The van der Waals surface area contributed by atoms with E-state index in [2.05, 4.69) is 38.6 Å². The zero-order valence-electron chi connectivity index (χ0n) is 21.8. The van der Waals surface area contributed by atoms with Crippen molar-refractivity contribution in [3.05, 3.63) is 61.2 Å². The standard InChI is InChI=1S/C31H44O4/c1-4-7-9-10-11-14-24-33-27-22-20-26(21-23-27)29-18-12-13-19-30(29)34-25-15-17-28(16-8-5-2)35-31(32)6-3/h6,12-13,18-23,28H,3-5,7-11,14-17,24-25H2,1-2H3. The Bertz CT molecular complexity index is 843. The number of hydrogen-bond donors (Lipinski definition) is 0. The van der Waals surface area contributed by atoms with Gasteiger partial charge in [-0.15, -0.1) is 0 Å². The van der Waals surface area contributed by atoms with Gasteiger partial charge in [0.1, 0.15) is 17.6 Å². The quantitative estimate of drug-likeness (QED) is 0.115. The summed E-state index contributed by atoms with van der Waals surface area (Å²) in [4.78, 5) is 11.6. The van der Waals surface area contributed by atoms with Crippen molar-refractivity contribution in [2.24, 2.45) is 0 Å². The van der Waals surface area contributed by atoms with E-state index in [1.807, 2.05) is 30.3 Å². The summed E-state index contributed by atoms with van der Waals surface area (Å²) in [7, 11) is 0. The molecule has 0 spiro atoms. The van der Waals surface area contributed by atoms with E-state index in [1.165, 1.54) is 38.2 Å². The zero-order valence-corrected chi connectivity index (χ0v) is 21.8. The first-order chi connectivity index (χ1) is 17.2. The smallest absolute Gasteiger partial charge is 0.330 e. The SMILES string of the molecule is C=CC(=O)OC(CCCC)CCCOc1ccccc1-c1ccc(OCCCCCCCC)cc1. The van der Waals surface area contributed by atoms with Crippen molar-refractivity contribution in [1.29, 1.82) is 0 Å². The van der Waals surface area contributed by atoms with Gasteiger partial charge in [-0.25, -0.2) is 4.79 Å². The second-order valence-corrected chi connectivity index (χ2v) is 9.03. The monoisotopic (exact) mass is 480 g/mol. The van der Waals surface area contributed by atoms with E-state index < -0.39 is 0 Å². The van der Waals surface area contributed by atoms with Crippen LogP contribution in [0.2, 0.25) is 0 Å². The summed E-state index contributed by atoms with van der Waals surface area (Å²) >= 11 is 0. The van der Waals surface area contributed by atoms with Crippen LogP contribution in [0.5, 0.6) is 11.5 Å². The van der Waals surface area contributed by atoms with Gasteiger partial charge >= 0.3 is 5.97 Å². The number of esters is 1. The molecule has 2 aromatic carbocycles. The van der Waals surface area contributed by atoms with Crippen LogP contribution >= 0.6 is 0 Å². The van der Waals surface area contributed by atoms with Gasteiger partial charge in [-0.05, 0) is 49.4 Å². The first-order valence-corrected chi connectivity index (χ1v) is 13.5. The molecule has 1 atom stereocenters. The Labute approximate surface area is 212 Å². The van der Waals surface area contributed by atoms with Gasteiger partial charge in [0.2, 0.25) is 0 Å². The lowest BCUT2D eigenvalue weighted by atomic mass is 10.0. The molecule has 0 amide bonds. The van der Waals surface area contributed by atoms with Crippen LogP contribution in [0.1, 0.15) is 84.5 Å². The van der Waals surface area contributed by atoms with E-state index in [0.717, 1.165) is 67.8 Å². The van der Waals surface area contributed by atoms with Crippen molar-refractivity contribution in [3.63, 3.8) is 0 Å². The van der Waals surface area contributed by atoms with Crippen LogP contribution in [-0.4, -0.2) is 25.3 Å². The highest BCUT2D eigenvalue weighted by Gasteiger charge is 2.13. The fourth-order valence-corrected chi connectivity index (χ4v) is 4.03. The maximum absolute atomic E-state index is 11.6. The van der Waals surface area contributed by atoms with Crippen LogP contribution in [-0.2, 0) is 9.53 Å². The van der Waals surface area contributed by atoms with Gasteiger partial charge in [0.15, 0.2) is 0 Å². The van der Waals surface area contributed by atoms with Gasteiger partial charge in [-0.2, -0.15) is 0 Å². The molecule has 0 saturated heterocycles. The normalized spacial score (nSPS) is 11.6. The molecule has 0 aliphatic heterocycles. The van der Waals surface area contributed by atoms with Crippen molar-refractivity contribution in [2.75, 3.05) is 13.2 Å². The Balaban J connectivity index is 1.83.